The van der Waals surface area contributed by atoms with Crippen molar-refractivity contribution in [2.24, 2.45) is 0 Å². The SMILES string of the molecule is Cc1ccc(F)c(N2CCCC(NC(=O)Cc3cccnc3)C2)c1. The van der Waals surface area contributed by atoms with E-state index in [1.54, 1.807) is 18.5 Å². The van der Waals surface area contributed by atoms with Gasteiger partial charge in [0.15, 0.2) is 0 Å². The number of carbonyl (C=O) groups is 1. The molecule has 2 aromatic rings. The summed E-state index contributed by atoms with van der Waals surface area (Å²) in [5, 5.41) is 3.07. The van der Waals surface area contributed by atoms with Crippen LogP contribution in [0.4, 0.5) is 10.1 Å². The Hall–Kier alpha value is -2.43. The average molecular weight is 327 g/mol. The van der Waals surface area contributed by atoms with Gasteiger partial charge in [-0.15, -0.1) is 0 Å². The standard InChI is InChI=1S/C19H22FN3O/c1-14-6-7-17(20)18(10-14)23-9-3-5-16(13-23)22-19(24)11-15-4-2-8-21-12-15/h2,4,6-8,10,12,16H,3,5,9,11,13H2,1H3,(H,22,24). The molecule has 5 heteroatoms. The van der Waals surface area contributed by atoms with Gasteiger partial charge in [-0.1, -0.05) is 12.1 Å². The Bertz CT molecular complexity index is 705. The summed E-state index contributed by atoms with van der Waals surface area (Å²) in [6, 6.07) is 8.91. The van der Waals surface area contributed by atoms with Crippen molar-refractivity contribution in [1.82, 2.24) is 10.3 Å². The molecule has 1 aliphatic rings. The minimum absolute atomic E-state index is 0.0143. The van der Waals surface area contributed by atoms with E-state index in [1.807, 2.05) is 30.0 Å². The molecule has 0 aliphatic carbocycles. The molecule has 1 saturated heterocycles. The summed E-state index contributed by atoms with van der Waals surface area (Å²) in [6.07, 6.45) is 5.57. The number of halogens is 1. The minimum Gasteiger partial charge on any atom is -0.367 e. The first-order valence-electron chi connectivity index (χ1n) is 8.31. The van der Waals surface area contributed by atoms with Crippen LogP contribution in [0.5, 0.6) is 0 Å². The van der Waals surface area contributed by atoms with Crippen LogP contribution in [0.1, 0.15) is 24.0 Å². The molecule has 1 aliphatic heterocycles. The number of pyridine rings is 1. The highest BCUT2D eigenvalue weighted by atomic mass is 19.1. The van der Waals surface area contributed by atoms with Crippen LogP contribution in [-0.2, 0) is 11.2 Å². The lowest BCUT2D eigenvalue weighted by molar-refractivity contribution is -0.121. The quantitative estimate of drug-likeness (QED) is 0.939. The zero-order chi connectivity index (χ0) is 16.9. The predicted octanol–water partition coefficient (Wildman–Crippen LogP) is 2.86. The molecule has 1 unspecified atom stereocenters. The van der Waals surface area contributed by atoms with E-state index in [4.69, 9.17) is 0 Å². The fourth-order valence-electron chi connectivity index (χ4n) is 3.15. The monoisotopic (exact) mass is 327 g/mol. The summed E-state index contributed by atoms with van der Waals surface area (Å²) in [7, 11) is 0. The van der Waals surface area contributed by atoms with Crippen molar-refractivity contribution in [2.45, 2.75) is 32.2 Å². The van der Waals surface area contributed by atoms with Crippen LogP contribution < -0.4 is 10.2 Å². The summed E-state index contributed by atoms with van der Waals surface area (Å²) in [5.41, 5.74) is 2.56. The number of amides is 1. The maximum atomic E-state index is 14.1. The number of aryl methyl sites for hydroxylation is 1. The highest BCUT2D eigenvalue weighted by Gasteiger charge is 2.23. The summed E-state index contributed by atoms with van der Waals surface area (Å²) >= 11 is 0. The van der Waals surface area contributed by atoms with Crippen molar-refractivity contribution in [1.29, 1.82) is 0 Å². The number of anilines is 1. The molecule has 1 atom stereocenters. The van der Waals surface area contributed by atoms with Crippen molar-refractivity contribution < 1.29 is 9.18 Å². The number of nitrogens with one attached hydrogen (secondary N) is 1. The van der Waals surface area contributed by atoms with E-state index < -0.39 is 0 Å². The molecule has 0 radical (unpaired) electrons. The second kappa shape index (κ2) is 7.43. The molecule has 1 N–H and O–H groups in total. The first kappa shape index (κ1) is 16.4. The molecule has 0 bridgehead atoms. The lowest BCUT2D eigenvalue weighted by atomic mass is 10.0. The Balaban J connectivity index is 1.61. The number of rotatable bonds is 4. The van der Waals surface area contributed by atoms with Gasteiger partial charge in [0.2, 0.25) is 5.91 Å². The van der Waals surface area contributed by atoms with Gasteiger partial charge < -0.3 is 10.2 Å². The van der Waals surface area contributed by atoms with Gasteiger partial charge in [0, 0.05) is 31.5 Å². The molecular formula is C19H22FN3O. The largest absolute Gasteiger partial charge is 0.367 e. The van der Waals surface area contributed by atoms with E-state index >= 15 is 0 Å². The lowest BCUT2D eigenvalue weighted by Crippen LogP contribution is -2.48. The Labute approximate surface area is 141 Å². The topological polar surface area (TPSA) is 45.2 Å². The Morgan fingerprint density at radius 1 is 1.42 bits per heavy atom. The molecule has 1 fully saturated rings. The molecule has 1 amide bonds. The number of nitrogens with zero attached hydrogens (tertiary/aromatic N) is 2. The van der Waals surface area contributed by atoms with Crippen LogP contribution in [0, 0.1) is 12.7 Å². The molecule has 1 aromatic carbocycles. The maximum Gasteiger partial charge on any atom is 0.224 e. The minimum atomic E-state index is -0.206. The predicted molar refractivity (Wildman–Crippen MR) is 92.5 cm³/mol. The molecule has 2 heterocycles. The molecule has 24 heavy (non-hydrogen) atoms. The first-order valence-corrected chi connectivity index (χ1v) is 8.31. The van der Waals surface area contributed by atoms with Gasteiger partial charge in [-0.3, -0.25) is 9.78 Å². The second-order valence-electron chi connectivity index (χ2n) is 6.35. The molecule has 0 saturated carbocycles. The van der Waals surface area contributed by atoms with Gasteiger partial charge in [0.05, 0.1) is 12.1 Å². The molecule has 0 spiro atoms. The third-order valence-corrected chi connectivity index (χ3v) is 4.32. The Morgan fingerprint density at radius 3 is 3.08 bits per heavy atom. The zero-order valence-corrected chi connectivity index (χ0v) is 13.8. The fraction of sp³-hybridized carbons (Fsp3) is 0.368. The van der Waals surface area contributed by atoms with Crippen LogP contribution in [0.15, 0.2) is 42.7 Å². The van der Waals surface area contributed by atoms with Gasteiger partial charge in [0.1, 0.15) is 5.82 Å². The van der Waals surface area contributed by atoms with Crippen LogP contribution in [0.3, 0.4) is 0 Å². The number of hydrogen-bond donors (Lipinski definition) is 1. The highest BCUT2D eigenvalue weighted by molar-refractivity contribution is 5.78. The normalized spacial score (nSPS) is 17.6. The van der Waals surface area contributed by atoms with E-state index in [9.17, 15) is 9.18 Å². The Kier molecular flexibility index (Phi) is 5.08. The second-order valence-corrected chi connectivity index (χ2v) is 6.35. The number of hydrogen-bond acceptors (Lipinski definition) is 3. The van der Waals surface area contributed by atoms with Crippen molar-refractivity contribution in [2.75, 3.05) is 18.0 Å². The van der Waals surface area contributed by atoms with E-state index in [0.29, 0.717) is 18.7 Å². The summed E-state index contributed by atoms with van der Waals surface area (Å²) in [5.74, 6) is -0.220. The molecule has 3 rings (SSSR count). The third-order valence-electron chi connectivity index (χ3n) is 4.32. The lowest BCUT2D eigenvalue weighted by Gasteiger charge is -2.35. The molecule has 1 aromatic heterocycles. The third kappa shape index (κ3) is 4.10. The number of benzene rings is 1. The van der Waals surface area contributed by atoms with E-state index in [0.717, 1.165) is 30.5 Å². The van der Waals surface area contributed by atoms with Gasteiger partial charge in [0.25, 0.3) is 0 Å². The first-order chi connectivity index (χ1) is 11.6. The number of carbonyl (C=O) groups excluding carboxylic acids is 1. The van der Waals surface area contributed by atoms with Crippen LogP contribution >= 0.6 is 0 Å². The van der Waals surface area contributed by atoms with Gasteiger partial charge in [-0.25, -0.2) is 4.39 Å². The number of piperidine rings is 1. The van der Waals surface area contributed by atoms with Gasteiger partial charge in [-0.2, -0.15) is 0 Å². The van der Waals surface area contributed by atoms with E-state index in [1.165, 1.54) is 6.07 Å². The van der Waals surface area contributed by atoms with Gasteiger partial charge >= 0.3 is 0 Å². The maximum absolute atomic E-state index is 14.1. The number of aromatic nitrogens is 1. The fourth-order valence-corrected chi connectivity index (χ4v) is 3.15. The van der Waals surface area contributed by atoms with Crippen LogP contribution in [0.2, 0.25) is 0 Å². The van der Waals surface area contributed by atoms with Crippen molar-refractivity contribution in [3.63, 3.8) is 0 Å². The molecule has 126 valence electrons. The van der Waals surface area contributed by atoms with Crippen LogP contribution in [-0.4, -0.2) is 30.0 Å². The smallest absolute Gasteiger partial charge is 0.224 e. The highest BCUT2D eigenvalue weighted by Crippen LogP contribution is 2.24. The van der Waals surface area contributed by atoms with Crippen molar-refractivity contribution in [3.8, 4) is 0 Å². The van der Waals surface area contributed by atoms with Crippen molar-refractivity contribution >= 4 is 11.6 Å². The Morgan fingerprint density at radius 2 is 2.29 bits per heavy atom. The summed E-state index contributed by atoms with van der Waals surface area (Å²) in [4.78, 5) is 18.3. The van der Waals surface area contributed by atoms with Crippen LogP contribution in [0.25, 0.3) is 0 Å². The summed E-state index contributed by atoms with van der Waals surface area (Å²) in [6.45, 7) is 3.41. The molecular weight excluding hydrogens is 305 g/mol. The van der Waals surface area contributed by atoms with Crippen molar-refractivity contribution in [3.05, 3.63) is 59.7 Å². The summed E-state index contributed by atoms with van der Waals surface area (Å²) < 4.78 is 14.1. The van der Waals surface area contributed by atoms with E-state index in [-0.39, 0.29) is 17.8 Å². The van der Waals surface area contributed by atoms with Gasteiger partial charge in [-0.05, 0) is 49.1 Å². The van der Waals surface area contributed by atoms with E-state index in [2.05, 4.69) is 10.3 Å². The zero-order valence-electron chi connectivity index (χ0n) is 13.8. The average Bonchev–Trinajstić information content (AvgIpc) is 2.58. The molecule has 4 nitrogen and oxygen atoms in total.